The van der Waals surface area contributed by atoms with Crippen LogP contribution in [-0.4, -0.2) is 12.3 Å². The molecule has 0 N–H and O–H groups in total. The van der Waals surface area contributed by atoms with E-state index < -0.39 is 0 Å². The Labute approximate surface area is 348 Å². The summed E-state index contributed by atoms with van der Waals surface area (Å²) in [6, 6.07) is 45.9. The maximum Gasteiger partial charge on any atom is 0.0721 e. The molecule has 1 nitrogen and oxygen atoms in total. The van der Waals surface area contributed by atoms with Crippen molar-refractivity contribution in [3.05, 3.63) is 196 Å². The molecule has 0 atom stereocenters. The van der Waals surface area contributed by atoms with Crippen LogP contribution in [0.4, 0.5) is 0 Å². The lowest BCUT2D eigenvalue weighted by Crippen LogP contribution is -2.09. The molecule has 0 aliphatic carbocycles. The molecule has 57 heavy (non-hydrogen) atoms. The highest BCUT2D eigenvalue weighted by Gasteiger charge is 2.14. The standard InChI is InChI=1S/C28H28S.C27H33N/c1-5-10-24-17-26(25-14-9-6-11-19(25)2)20(3)16-28(24)29-27-18-23-13-8-7-12-22(23)15-21(27)4;1-4-7-22-28-27(26-21-12-11-19-24(26)14-5-2)25(15-6-3)20-13-18-23-16-9-8-10-17-23/h6-9,11-18H,5,10H2,1-4H3;6,8-13,15-21H,4-5,7,14,22H2,1-3H3/b;15-6-,18-13+,25-20+,28-27?. The first-order valence-corrected chi connectivity index (χ1v) is 21.7. The Morgan fingerprint density at radius 3 is 1.98 bits per heavy atom. The largest absolute Gasteiger partial charge is 0.284 e. The molecule has 292 valence electrons. The molecule has 2 heteroatoms. The van der Waals surface area contributed by atoms with Crippen molar-refractivity contribution in [2.45, 2.75) is 96.8 Å². The number of aryl methyl sites for hydroxylation is 5. The Hall–Kier alpha value is -5.18. The average Bonchev–Trinajstić information content (AvgIpc) is 3.22. The second kappa shape index (κ2) is 22.5. The van der Waals surface area contributed by atoms with E-state index in [4.69, 9.17) is 4.99 Å². The van der Waals surface area contributed by atoms with Gasteiger partial charge in [0.1, 0.15) is 0 Å². The smallest absolute Gasteiger partial charge is 0.0721 e. The van der Waals surface area contributed by atoms with Gasteiger partial charge in [-0.05, 0) is 126 Å². The van der Waals surface area contributed by atoms with Gasteiger partial charge in [-0.25, -0.2) is 0 Å². The van der Waals surface area contributed by atoms with Gasteiger partial charge in [-0.3, -0.25) is 4.99 Å². The van der Waals surface area contributed by atoms with Crippen molar-refractivity contribution in [1.29, 1.82) is 0 Å². The maximum atomic E-state index is 5.03. The number of nitrogens with zero attached hydrogens (tertiary/aromatic N) is 1. The van der Waals surface area contributed by atoms with Gasteiger partial charge in [-0.2, -0.15) is 0 Å². The molecule has 6 aromatic carbocycles. The van der Waals surface area contributed by atoms with Gasteiger partial charge in [0.15, 0.2) is 0 Å². The lowest BCUT2D eigenvalue weighted by atomic mass is 9.94. The highest BCUT2D eigenvalue weighted by atomic mass is 32.2. The van der Waals surface area contributed by atoms with Crippen LogP contribution in [0.15, 0.2) is 172 Å². The van der Waals surface area contributed by atoms with Crippen LogP contribution < -0.4 is 0 Å². The van der Waals surface area contributed by atoms with E-state index in [0.29, 0.717) is 0 Å². The summed E-state index contributed by atoms with van der Waals surface area (Å²) in [5.41, 5.74) is 14.3. The zero-order chi connectivity index (χ0) is 40.4. The predicted octanol–water partition coefficient (Wildman–Crippen LogP) is 16.0. The number of unbranched alkanes of at least 4 members (excludes halogenated alkanes) is 1. The summed E-state index contributed by atoms with van der Waals surface area (Å²) in [4.78, 5) is 7.77. The van der Waals surface area contributed by atoms with E-state index in [2.05, 4.69) is 200 Å². The van der Waals surface area contributed by atoms with Crippen molar-refractivity contribution in [3.63, 3.8) is 0 Å². The van der Waals surface area contributed by atoms with Gasteiger partial charge >= 0.3 is 0 Å². The van der Waals surface area contributed by atoms with Crippen molar-refractivity contribution >= 4 is 34.3 Å². The summed E-state index contributed by atoms with van der Waals surface area (Å²) in [5.74, 6) is 0. The van der Waals surface area contributed by atoms with Crippen LogP contribution >= 0.6 is 11.8 Å². The number of aliphatic imine (C=N–C) groups is 1. The quantitative estimate of drug-likeness (QED) is 0.0576. The van der Waals surface area contributed by atoms with E-state index in [1.54, 1.807) is 0 Å². The van der Waals surface area contributed by atoms with Crippen LogP contribution in [0, 0.1) is 20.8 Å². The predicted molar refractivity (Wildman–Crippen MR) is 253 cm³/mol. The Morgan fingerprint density at radius 1 is 0.596 bits per heavy atom. The lowest BCUT2D eigenvalue weighted by molar-refractivity contribution is 0.808. The highest BCUT2D eigenvalue weighted by Crippen LogP contribution is 2.39. The molecule has 0 aliphatic rings. The van der Waals surface area contributed by atoms with Crippen LogP contribution in [0.5, 0.6) is 0 Å². The Bertz CT molecular complexity index is 2320. The summed E-state index contributed by atoms with van der Waals surface area (Å²) in [5, 5.41) is 2.63. The molecule has 0 saturated heterocycles. The maximum absolute atomic E-state index is 5.03. The summed E-state index contributed by atoms with van der Waals surface area (Å²) in [6.45, 7) is 16.3. The molecule has 0 aromatic heterocycles. The molecule has 0 unspecified atom stereocenters. The molecule has 6 aromatic rings. The van der Waals surface area contributed by atoms with Gasteiger partial charge in [-0.15, -0.1) is 0 Å². The lowest BCUT2D eigenvalue weighted by Gasteiger charge is -2.17. The van der Waals surface area contributed by atoms with Gasteiger partial charge in [0.25, 0.3) is 0 Å². The van der Waals surface area contributed by atoms with E-state index in [1.807, 2.05) is 17.8 Å². The zero-order valence-corrected chi connectivity index (χ0v) is 36.1. The first-order chi connectivity index (χ1) is 27.9. The molecule has 0 radical (unpaired) electrons. The van der Waals surface area contributed by atoms with Gasteiger partial charge in [-0.1, -0.05) is 191 Å². The average molecular weight is 768 g/mol. The minimum atomic E-state index is 0.865. The van der Waals surface area contributed by atoms with Crippen LogP contribution in [0.2, 0.25) is 0 Å². The molecule has 0 aliphatic heterocycles. The molecule has 0 amide bonds. The second-order valence-electron chi connectivity index (χ2n) is 14.8. The van der Waals surface area contributed by atoms with E-state index >= 15 is 0 Å². The fraction of sp³-hybridized carbons (Fsp3) is 0.255. The Balaban J connectivity index is 0.000000218. The first-order valence-electron chi connectivity index (χ1n) is 20.9. The summed E-state index contributed by atoms with van der Waals surface area (Å²) in [7, 11) is 0. The number of fused-ring (bicyclic) bond motifs is 1. The van der Waals surface area contributed by atoms with Crippen molar-refractivity contribution in [2.75, 3.05) is 6.54 Å². The molecule has 0 heterocycles. The zero-order valence-electron chi connectivity index (χ0n) is 35.3. The molecular formula is C55H61NS. The minimum Gasteiger partial charge on any atom is -0.284 e. The number of hydrogen-bond donors (Lipinski definition) is 0. The Kier molecular flexibility index (Phi) is 17.0. The van der Waals surface area contributed by atoms with E-state index in [0.717, 1.165) is 56.4 Å². The van der Waals surface area contributed by atoms with E-state index in [1.165, 1.54) is 70.6 Å². The van der Waals surface area contributed by atoms with Gasteiger partial charge < -0.3 is 0 Å². The highest BCUT2D eigenvalue weighted by molar-refractivity contribution is 7.99. The Morgan fingerprint density at radius 2 is 1.26 bits per heavy atom. The fourth-order valence-corrected chi connectivity index (χ4v) is 8.32. The normalized spacial score (nSPS) is 12.1. The number of hydrogen-bond acceptors (Lipinski definition) is 2. The van der Waals surface area contributed by atoms with Crippen molar-refractivity contribution in [3.8, 4) is 11.1 Å². The molecule has 6 rings (SSSR count). The molecular weight excluding hydrogens is 707 g/mol. The van der Waals surface area contributed by atoms with Crippen molar-refractivity contribution in [2.24, 2.45) is 4.99 Å². The monoisotopic (exact) mass is 767 g/mol. The summed E-state index contributed by atoms with van der Waals surface area (Å²) < 4.78 is 0. The van der Waals surface area contributed by atoms with Crippen molar-refractivity contribution < 1.29 is 0 Å². The number of benzene rings is 6. The molecule has 0 fully saturated rings. The topological polar surface area (TPSA) is 12.4 Å². The third-order valence-electron chi connectivity index (χ3n) is 10.2. The first kappa shape index (κ1) is 43.0. The van der Waals surface area contributed by atoms with Crippen LogP contribution in [-0.2, 0) is 12.8 Å². The summed E-state index contributed by atoms with van der Waals surface area (Å²) in [6.07, 6.45) is 17.5. The third-order valence-corrected chi connectivity index (χ3v) is 11.4. The minimum absolute atomic E-state index is 0.865. The summed E-state index contributed by atoms with van der Waals surface area (Å²) >= 11 is 1.92. The van der Waals surface area contributed by atoms with Gasteiger partial charge in [0.05, 0.1) is 5.71 Å². The van der Waals surface area contributed by atoms with E-state index in [9.17, 15) is 0 Å². The number of rotatable bonds is 15. The number of allylic oxidation sites excluding steroid dienone is 5. The van der Waals surface area contributed by atoms with E-state index in [-0.39, 0.29) is 0 Å². The van der Waals surface area contributed by atoms with Gasteiger partial charge in [0, 0.05) is 21.9 Å². The third kappa shape index (κ3) is 12.2. The van der Waals surface area contributed by atoms with Crippen molar-refractivity contribution in [1.82, 2.24) is 0 Å². The van der Waals surface area contributed by atoms with Crippen LogP contribution in [0.25, 0.3) is 28.0 Å². The van der Waals surface area contributed by atoms with Crippen LogP contribution in [0.1, 0.15) is 92.3 Å². The van der Waals surface area contributed by atoms with Gasteiger partial charge in [0.2, 0.25) is 0 Å². The molecule has 0 saturated carbocycles. The fourth-order valence-electron chi connectivity index (χ4n) is 7.15. The molecule has 0 spiro atoms. The second-order valence-corrected chi connectivity index (χ2v) is 15.9. The van der Waals surface area contributed by atoms with Crippen LogP contribution in [0.3, 0.4) is 0 Å². The molecule has 0 bridgehead atoms. The SMILES string of the molecule is CCCc1cc(-c2ccccc2C)c(C)cc1Sc1cc2ccccc2cc1C.C\C=C/C(=C\C=C\c1ccccc1)C(=NCCCC)c1ccccc1CCC.